The summed E-state index contributed by atoms with van der Waals surface area (Å²) < 4.78 is 39.0. The van der Waals surface area contributed by atoms with Gasteiger partial charge in [0.2, 0.25) is 5.91 Å². The van der Waals surface area contributed by atoms with Gasteiger partial charge in [0.1, 0.15) is 18.0 Å². The van der Waals surface area contributed by atoms with E-state index in [0.717, 1.165) is 27.2 Å². The number of methoxy groups -OCH3 is 2. The first-order chi connectivity index (χ1) is 17.8. The lowest BCUT2D eigenvalue weighted by Gasteiger charge is -2.26. The van der Waals surface area contributed by atoms with Crippen molar-refractivity contribution >= 4 is 43.8 Å². The number of hydrogen-bond acceptors (Lipinski definition) is 7. The van der Waals surface area contributed by atoms with Crippen molar-refractivity contribution in [3.63, 3.8) is 0 Å². The van der Waals surface area contributed by atoms with Gasteiger partial charge in [-0.2, -0.15) is 0 Å². The van der Waals surface area contributed by atoms with Gasteiger partial charge in [0.25, 0.3) is 15.7 Å². The highest BCUT2D eigenvalue weighted by atomic mass is 32.2. The summed E-state index contributed by atoms with van der Waals surface area (Å²) in [5.41, 5.74) is -0.114. The standard InChI is InChI=1S/C26H23N3O7S/c1-35-19-14-15-22(24(16-19)36-2)28(37(33,34)25-13-6-5-12-23(25)29(31)32)17-26(30)27-21-11-7-9-18-8-3-4-10-20(18)21/h3-16H,17H2,1-2H3,(H,27,30). The number of para-hydroxylation sites is 1. The maximum atomic E-state index is 13.8. The zero-order valence-electron chi connectivity index (χ0n) is 20.0. The number of amides is 1. The molecule has 0 aliphatic heterocycles. The smallest absolute Gasteiger partial charge is 0.289 e. The van der Waals surface area contributed by atoms with Crippen molar-refractivity contribution < 1.29 is 27.6 Å². The average Bonchev–Trinajstić information content (AvgIpc) is 2.91. The Morgan fingerprint density at radius 3 is 2.38 bits per heavy atom. The Bertz CT molecular complexity index is 1580. The van der Waals surface area contributed by atoms with Crippen molar-refractivity contribution in [2.75, 3.05) is 30.4 Å². The third-order valence-corrected chi connectivity index (χ3v) is 7.44. The molecular weight excluding hydrogens is 498 g/mol. The molecule has 11 heteroatoms. The molecule has 0 saturated carbocycles. The fraction of sp³-hybridized carbons (Fsp3) is 0.115. The van der Waals surface area contributed by atoms with Crippen LogP contribution >= 0.6 is 0 Å². The second kappa shape index (κ2) is 10.5. The molecule has 0 aromatic heterocycles. The Morgan fingerprint density at radius 2 is 1.65 bits per heavy atom. The molecule has 0 unspecified atom stereocenters. The lowest BCUT2D eigenvalue weighted by Crippen LogP contribution is -2.38. The van der Waals surface area contributed by atoms with Crippen LogP contribution < -0.4 is 19.1 Å². The van der Waals surface area contributed by atoms with Crippen LogP contribution in [0.5, 0.6) is 11.5 Å². The molecule has 0 radical (unpaired) electrons. The molecule has 4 aromatic rings. The van der Waals surface area contributed by atoms with E-state index in [2.05, 4.69) is 5.32 Å². The van der Waals surface area contributed by atoms with E-state index < -0.39 is 38.0 Å². The maximum Gasteiger partial charge on any atom is 0.289 e. The highest BCUT2D eigenvalue weighted by Crippen LogP contribution is 2.37. The first-order valence-corrected chi connectivity index (χ1v) is 12.5. The molecular formula is C26H23N3O7S. The van der Waals surface area contributed by atoms with Gasteiger partial charge in [0.05, 0.1) is 24.8 Å². The van der Waals surface area contributed by atoms with Crippen LogP contribution in [0.15, 0.2) is 89.8 Å². The number of carbonyl (C=O) groups excluding carboxylic acids is 1. The fourth-order valence-electron chi connectivity index (χ4n) is 3.89. The van der Waals surface area contributed by atoms with Gasteiger partial charge in [-0.1, -0.05) is 48.5 Å². The van der Waals surface area contributed by atoms with Gasteiger partial charge in [-0.05, 0) is 29.7 Å². The Labute approximate surface area is 213 Å². The van der Waals surface area contributed by atoms with Crippen LogP contribution in [0.3, 0.4) is 0 Å². The Morgan fingerprint density at radius 1 is 0.946 bits per heavy atom. The van der Waals surface area contributed by atoms with Crippen LogP contribution in [-0.2, 0) is 14.8 Å². The zero-order chi connectivity index (χ0) is 26.6. The molecule has 0 atom stereocenters. The van der Waals surface area contributed by atoms with E-state index in [0.29, 0.717) is 11.4 Å². The SMILES string of the molecule is COc1ccc(N(CC(=O)Nc2cccc3ccccc23)S(=O)(=O)c2ccccc2[N+](=O)[O-])c(OC)c1. The zero-order valence-corrected chi connectivity index (χ0v) is 20.8. The predicted molar refractivity (Wildman–Crippen MR) is 140 cm³/mol. The number of ether oxygens (including phenoxy) is 2. The summed E-state index contributed by atoms with van der Waals surface area (Å²) in [5.74, 6) is -0.167. The summed E-state index contributed by atoms with van der Waals surface area (Å²) in [4.78, 5) is 23.5. The van der Waals surface area contributed by atoms with E-state index >= 15 is 0 Å². The summed E-state index contributed by atoms with van der Waals surface area (Å²) in [7, 11) is -1.83. The molecule has 4 rings (SSSR count). The van der Waals surface area contributed by atoms with Gasteiger partial charge in [-0.3, -0.25) is 19.2 Å². The Balaban J connectivity index is 1.80. The molecule has 0 fully saturated rings. The van der Waals surface area contributed by atoms with Gasteiger partial charge < -0.3 is 14.8 Å². The van der Waals surface area contributed by atoms with Gasteiger partial charge >= 0.3 is 0 Å². The highest BCUT2D eigenvalue weighted by molar-refractivity contribution is 7.93. The second-order valence-electron chi connectivity index (χ2n) is 7.85. The average molecular weight is 522 g/mol. The van der Waals surface area contributed by atoms with Crippen molar-refractivity contribution in [3.8, 4) is 11.5 Å². The van der Waals surface area contributed by atoms with Gasteiger partial charge in [-0.25, -0.2) is 8.42 Å². The molecule has 10 nitrogen and oxygen atoms in total. The van der Waals surface area contributed by atoms with Gasteiger partial charge in [0, 0.05) is 23.2 Å². The van der Waals surface area contributed by atoms with Crippen LogP contribution in [0.1, 0.15) is 0 Å². The normalized spacial score (nSPS) is 11.1. The number of nitrogens with zero attached hydrogens (tertiary/aromatic N) is 2. The number of hydrogen-bond donors (Lipinski definition) is 1. The number of carbonyl (C=O) groups is 1. The summed E-state index contributed by atoms with van der Waals surface area (Å²) >= 11 is 0. The maximum absolute atomic E-state index is 13.8. The number of nitro benzene ring substituents is 1. The van der Waals surface area contributed by atoms with E-state index in [-0.39, 0.29) is 11.4 Å². The Hall–Kier alpha value is -4.64. The first kappa shape index (κ1) is 25.5. The molecule has 190 valence electrons. The highest BCUT2D eigenvalue weighted by Gasteiger charge is 2.34. The lowest BCUT2D eigenvalue weighted by molar-refractivity contribution is -0.387. The molecule has 0 aliphatic rings. The summed E-state index contributed by atoms with van der Waals surface area (Å²) in [6.45, 7) is -0.680. The van der Waals surface area contributed by atoms with Crippen LogP contribution in [-0.4, -0.2) is 40.0 Å². The summed E-state index contributed by atoms with van der Waals surface area (Å²) in [6, 6.07) is 22.1. The minimum atomic E-state index is -4.60. The molecule has 1 amide bonds. The van der Waals surface area contributed by atoms with E-state index in [1.54, 1.807) is 12.1 Å². The third-order valence-electron chi connectivity index (χ3n) is 5.64. The second-order valence-corrected chi connectivity index (χ2v) is 9.68. The molecule has 0 saturated heterocycles. The van der Waals surface area contributed by atoms with Crippen LogP contribution in [0.2, 0.25) is 0 Å². The van der Waals surface area contributed by atoms with Crippen LogP contribution in [0.25, 0.3) is 10.8 Å². The molecule has 0 bridgehead atoms. The van der Waals surface area contributed by atoms with E-state index in [9.17, 15) is 23.3 Å². The monoisotopic (exact) mass is 521 g/mol. The quantitative estimate of drug-likeness (QED) is 0.252. The van der Waals surface area contributed by atoms with Gasteiger partial charge in [0.15, 0.2) is 4.90 Å². The lowest BCUT2D eigenvalue weighted by atomic mass is 10.1. The van der Waals surface area contributed by atoms with Crippen molar-refractivity contribution in [1.82, 2.24) is 0 Å². The van der Waals surface area contributed by atoms with Crippen LogP contribution in [0, 0.1) is 10.1 Å². The number of fused-ring (bicyclic) bond motifs is 1. The predicted octanol–water partition coefficient (Wildman–Crippen LogP) is 4.60. The van der Waals surface area contributed by atoms with Crippen LogP contribution in [0.4, 0.5) is 17.1 Å². The summed E-state index contributed by atoms with van der Waals surface area (Å²) in [6.07, 6.45) is 0. The van der Waals surface area contributed by atoms with Gasteiger partial charge in [-0.15, -0.1) is 0 Å². The minimum Gasteiger partial charge on any atom is -0.497 e. The number of benzene rings is 4. The number of nitro groups is 1. The van der Waals surface area contributed by atoms with Crippen molar-refractivity contribution in [2.45, 2.75) is 4.90 Å². The number of nitrogens with one attached hydrogen (secondary N) is 1. The fourth-order valence-corrected chi connectivity index (χ4v) is 5.48. The topological polar surface area (TPSA) is 128 Å². The number of rotatable bonds is 9. The van der Waals surface area contributed by atoms with Crippen molar-refractivity contribution in [1.29, 1.82) is 0 Å². The molecule has 1 N–H and O–H groups in total. The molecule has 4 aromatic carbocycles. The molecule has 0 spiro atoms. The van der Waals surface area contributed by atoms with Crippen molar-refractivity contribution in [2.24, 2.45) is 0 Å². The van der Waals surface area contributed by atoms with E-state index in [1.165, 1.54) is 44.6 Å². The largest absolute Gasteiger partial charge is 0.497 e. The van der Waals surface area contributed by atoms with E-state index in [1.807, 2.05) is 30.3 Å². The third kappa shape index (κ3) is 5.16. The summed E-state index contributed by atoms with van der Waals surface area (Å²) in [5, 5.41) is 16.0. The Kier molecular flexibility index (Phi) is 7.25. The number of anilines is 2. The van der Waals surface area contributed by atoms with E-state index in [4.69, 9.17) is 9.47 Å². The molecule has 37 heavy (non-hydrogen) atoms. The molecule has 0 heterocycles. The number of sulfonamides is 1. The molecule has 0 aliphatic carbocycles. The first-order valence-electron chi connectivity index (χ1n) is 11.0. The van der Waals surface area contributed by atoms with Crippen molar-refractivity contribution in [3.05, 3.63) is 95.0 Å². The minimum absolute atomic E-state index is 0.00882.